The number of thiophene rings is 2. The molecule has 0 saturated carbocycles. The van der Waals surface area contributed by atoms with Crippen LogP contribution in [-0.4, -0.2) is 18.5 Å². The standard InChI is InChI=1S/C21H15FN2O3S2/c1-2-27-21(26)18-17(13-5-7-15(22)8-6-13)12-29-20(18)24-19(25)14(11-23)10-16-4-3-9-28-16/h3-10,12H,2H2,1H3,(H,24,25). The van der Waals surface area contributed by atoms with Crippen LogP contribution >= 0.6 is 22.7 Å². The molecule has 2 aromatic heterocycles. The maximum Gasteiger partial charge on any atom is 0.341 e. The number of esters is 1. The Morgan fingerprint density at radius 1 is 1.24 bits per heavy atom. The van der Waals surface area contributed by atoms with Crippen LogP contribution in [0.2, 0.25) is 0 Å². The van der Waals surface area contributed by atoms with Crippen molar-refractivity contribution >= 4 is 45.6 Å². The minimum Gasteiger partial charge on any atom is -0.462 e. The number of nitrogens with one attached hydrogen (secondary N) is 1. The largest absolute Gasteiger partial charge is 0.462 e. The van der Waals surface area contributed by atoms with Crippen LogP contribution < -0.4 is 5.32 Å². The van der Waals surface area contributed by atoms with Crippen LogP contribution in [0, 0.1) is 17.1 Å². The molecule has 0 aliphatic rings. The molecule has 8 heteroatoms. The van der Waals surface area contributed by atoms with E-state index in [1.807, 2.05) is 17.5 Å². The fourth-order valence-electron chi connectivity index (χ4n) is 2.53. The number of anilines is 1. The Balaban J connectivity index is 1.96. The first kappa shape index (κ1) is 20.5. The van der Waals surface area contributed by atoms with E-state index in [2.05, 4.69) is 5.32 Å². The molecule has 2 heterocycles. The zero-order chi connectivity index (χ0) is 20.8. The van der Waals surface area contributed by atoms with Crippen LogP contribution in [0.1, 0.15) is 22.2 Å². The van der Waals surface area contributed by atoms with Crippen molar-refractivity contribution in [2.75, 3.05) is 11.9 Å². The van der Waals surface area contributed by atoms with Crippen molar-refractivity contribution in [1.82, 2.24) is 0 Å². The Morgan fingerprint density at radius 3 is 2.62 bits per heavy atom. The van der Waals surface area contributed by atoms with Crippen LogP contribution in [0.15, 0.2) is 52.7 Å². The predicted octanol–water partition coefficient (Wildman–Crippen LogP) is 5.34. The molecule has 5 nitrogen and oxygen atoms in total. The van der Waals surface area contributed by atoms with Crippen molar-refractivity contribution in [3.63, 3.8) is 0 Å². The van der Waals surface area contributed by atoms with Gasteiger partial charge in [-0.3, -0.25) is 4.79 Å². The summed E-state index contributed by atoms with van der Waals surface area (Å²) in [6, 6.07) is 11.2. The third kappa shape index (κ3) is 4.77. The summed E-state index contributed by atoms with van der Waals surface area (Å²) >= 11 is 2.53. The van der Waals surface area contributed by atoms with E-state index in [0.29, 0.717) is 11.1 Å². The van der Waals surface area contributed by atoms with Gasteiger partial charge < -0.3 is 10.1 Å². The van der Waals surface area contributed by atoms with Gasteiger partial charge in [0.05, 0.1) is 6.61 Å². The van der Waals surface area contributed by atoms with E-state index in [9.17, 15) is 19.2 Å². The van der Waals surface area contributed by atoms with Crippen molar-refractivity contribution in [1.29, 1.82) is 5.26 Å². The summed E-state index contributed by atoms with van der Waals surface area (Å²) < 4.78 is 18.4. The SMILES string of the molecule is CCOC(=O)c1c(-c2ccc(F)cc2)csc1NC(=O)C(C#N)=Cc1cccs1. The summed E-state index contributed by atoms with van der Waals surface area (Å²) in [5, 5.41) is 15.8. The highest BCUT2D eigenvalue weighted by Gasteiger charge is 2.23. The molecule has 3 rings (SSSR count). The topological polar surface area (TPSA) is 79.2 Å². The number of amides is 1. The first-order valence-corrected chi connectivity index (χ1v) is 10.3. The lowest BCUT2D eigenvalue weighted by Gasteiger charge is -2.08. The van der Waals surface area contributed by atoms with Crippen molar-refractivity contribution in [3.05, 3.63) is 69.0 Å². The highest BCUT2D eigenvalue weighted by atomic mass is 32.1. The number of carbonyl (C=O) groups excluding carboxylic acids is 2. The molecule has 0 aliphatic heterocycles. The Bertz CT molecular complexity index is 1090. The van der Waals surface area contributed by atoms with Gasteiger partial charge >= 0.3 is 5.97 Å². The monoisotopic (exact) mass is 426 g/mol. The second-order valence-electron chi connectivity index (χ2n) is 5.72. The highest BCUT2D eigenvalue weighted by Crippen LogP contribution is 2.36. The van der Waals surface area contributed by atoms with Crippen molar-refractivity contribution in [3.8, 4) is 17.2 Å². The molecule has 0 fully saturated rings. The maximum atomic E-state index is 13.3. The number of rotatable bonds is 6. The molecule has 29 heavy (non-hydrogen) atoms. The van der Waals surface area contributed by atoms with Gasteiger partial charge in [-0.15, -0.1) is 22.7 Å². The molecule has 0 radical (unpaired) electrons. The van der Waals surface area contributed by atoms with Gasteiger partial charge in [0.25, 0.3) is 5.91 Å². The van der Waals surface area contributed by atoms with Crippen molar-refractivity contribution in [2.45, 2.75) is 6.92 Å². The molecule has 1 aromatic carbocycles. The molecule has 1 amide bonds. The van der Waals surface area contributed by atoms with Crippen LogP contribution in [0.4, 0.5) is 9.39 Å². The molecule has 0 saturated heterocycles. The lowest BCUT2D eigenvalue weighted by molar-refractivity contribution is -0.112. The molecule has 3 aromatic rings. The molecule has 0 aliphatic carbocycles. The van der Waals surface area contributed by atoms with Gasteiger partial charge in [-0.2, -0.15) is 5.26 Å². The summed E-state index contributed by atoms with van der Waals surface area (Å²) in [7, 11) is 0. The van der Waals surface area contributed by atoms with E-state index in [0.717, 1.165) is 16.2 Å². The van der Waals surface area contributed by atoms with E-state index >= 15 is 0 Å². The number of hydrogen-bond acceptors (Lipinski definition) is 6. The smallest absolute Gasteiger partial charge is 0.341 e. The lowest BCUT2D eigenvalue weighted by Crippen LogP contribution is -2.16. The predicted molar refractivity (Wildman–Crippen MR) is 112 cm³/mol. The summed E-state index contributed by atoms with van der Waals surface area (Å²) in [5.41, 5.74) is 1.22. The van der Waals surface area contributed by atoms with E-state index in [1.165, 1.54) is 29.5 Å². The number of hydrogen-bond donors (Lipinski definition) is 1. The molecular weight excluding hydrogens is 411 g/mol. The summed E-state index contributed by atoms with van der Waals surface area (Å²) in [6.07, 6.45) is 1.48. The minimum absolute atomic E-state index is 0.0843. The fraction of sp³-hybridized carbons (Fsp3) is 0.0952. The average molecular weight is 426 g/mol. The molecule has 0 spiro atoms. The number of nitrogens with zero attached hydrogens (tertiary/aromatic N) is 1. The molecule has 146 valence electrons. The summed E-state index contributed by atoms with van der Waals surface area (Å²) in [4.78, 5) is 25.9. The van der Waals surface area contributed by atoms with Crippen LogP contribution in [-0.2, 0) is 9.53 Å². The zero-order valence-electron chi connectivity index (χ0n) is 15.3. The van der Waals surface area contributed by atoms with Gasteiger partial charge in [-0.05, 0) is 42.1 Å². The lowest BCUT2D eigenvalue weighted by atomic mass is 10.0. The zero-order valence-corrected chi connectivity index (χ0v) is 16.9. The molecule has 0 atom stereocenters. The highest BCUT2D eigenvalue weighted by molar-refractivity contribution is 7.15. The second kappa shape index (κ2) is 9.28. The van der Waals surface area contributed by atoms with E-state index in [1.54, 1.807) is 30.5 Å². The molecule has 1 N–H and O–H groups in total. The third-order valence-corrected chi connectivity index (χ3v) is 5.56. The molecular formula is C21H15FN2O3S2. The quantitative estimate of drug-likeness (QED) is 0.328. The van der Waals surface area contributed by atoms with Gasteiger partial charge in [-0.25, -0.2) is 9.18 Å². The summed E-state index contributed by atoms with van der Waals surface area (Å²) in [5.74, 6) is -1.63. The Labute approximate surface area is 174 Å². The number of benzene rings is 1. The van der Waals surface area contributed by atoms with Gasteiger partial charge in [0, 0.05) is 15.8 Å². The fourth-order valence-corrected chi connectivity index (χ4v) is 4.14. The van der Waals surface area contributed by atoms with Gasteiger partial charge in [0.1, 0.15) is 28.0 Å². The Hall–Kier alpha value is -3.28. The van der Waals surface area contributed by atoms with Crippen LogP contribution in [0.25, 0.3) is 17.2 Å². The average Bonchev–Trinajstić information content (AvgIpc) is 3.36. The molecule has 0 unspecified atom stereocenters. The maximum absolute atomic E-state index is 13.3. The number of halogens is 1. The van der Waals surface area contributed by atoms with Gasteiger partial charge in [0.2, 0.25) is 0 Å². The van der Waals surface area contributed by atoms with Gasteiger partial charge in [0.15, 0.2) is 0 Å². The first-order valence-electron chi connectivity index (χ1n) is 8.54. The van der Waals surface area contributed by atoms with Gasteiger partial charge in [-0.1, -0.05) is 18.2 Å². The van der Waals surface area contributed by atoms with E-state index < -0.39 is 17.7 Å². The first-order chi connectivity index (χ1) is 14.0. The number of ether oxygens (including phenoxy) is 1. The van der Waals surface area contributed by atoms with Crippen LogP contribution in [0.5, 0.6) is 0 Å². The van der Waals surface area contributed by atoms with E-state index in [-0.39, 0.29) is 22.7 Å². The van der Waals surface area contributed by atoms with E-state index in [4.69, 9.17) is 4.74 Å². The van der Waals surface area contributed by atoms with Crippen molar-refractivity contribution < 1.29 is 18.7 Å². The Morgan fingerprint density at radius 2 is 2.00 bits per heavy atom. The number of carbonyl (C=O) groups is 2. The molecule has 0 bridgehead atoms. The van der Waals surface area contributed by atoms with Crippen molar-refractivity contribution in [2.24, 2.45) is 0 Å². The normalized spacial score (nSPS) is 11.0. The minimum atomic E-state index is -0.626. The Kier molecular flexibility index (Phi) is 6.54. The summed E-state index contributed by atoms with van der Waals surface area (Å²) in [6.45, 7) is 1.84. The van der Waals surface area contributed by atoms with Crippen LogP contribution in [0.3, 0.4) is 0 Å². The third-order valence-electron chi connectivity index (χ3n) is 3.85. The number of nitriles is 1. The second-order valence-corrected chi connectivity index (χ2v) is 7.58.